The largest absolute Gasteiger partial charge is 0.466 e. The van der Waals surface area contributed by atoms with Crippen LogP contribution in [0.25, 0.3) is 0 Å². The molecule has 72 valence electrons. The summed E-state index contributed by atoms with van der Waals surface area (Å²) in [7, 11) is -4.64. The van der Waals surface area contributed by atoms with Crippen LogP contribution in [0.5, 0.6) is 0 Å². The van der Waals surface area contributed by atoms with E-state index in [1.54, 1.807) is 9.10 Å². The molecule has 0 aliphatic carbocycles. The van der Waals surface area contributed by atoms with E-state index in [1.807, 2.05) is 0 Å². The monoisotopic (exact) mass is 208 g/mol. The lowest BCUT2D eigenvalue weighted by molar-refractivity contribution is 0.275. The third-order valence-electron chi connectivity index (χ3n) is 1.21. The molecule has 0 saturated heterocycles. The van der Waals surface area contributed by atoms with Gasteiger partial charge in [-0.25, -0.2) is 4.57 Å². The van der Waals surface area contributed by atoms with Gasteiger partial charge in [-0.05, 0) is 0 Å². The highest BCUT2D eigenvalue weighted by atomic mass is 31.2. The van der Waals surface area contributed by atoms with Crippen molar-refractivity contribution in [2.45, 2.75) is 35.8 Å². The Morgan fingerprint density at radius 2 is 1.33 bits per heavy atom. The minimum atomic E-state index is -4.64. The second kappa shape index (κ2) is 9.96. The van der Waals surface area contributed by atoms with E-state index in [-0.39, 0.29) is 0 Å². The topological polar surface area (TPSA) is 77.8 Å². The highest BCUT2D eigenvalue weighted by Crippen LogP contribution is 2.25. The molecule has 0 unspecified atom stereocenters. The number of rotatable bonds is 4. The third kappa shape index (κ3) is 44.6. The second-order valence-corrected chi connectivity index (χ2v) is 5.72. The lowest BCUT2D eigenvalue weighted by Crippen LogP contribution is -1.84. The minimum absolute atomic E-state index is 0.411. The van der Waals surface area contributed by atoms with Crippen molar-refractivity contribution in [1.82, 2.24) is 0 Å². The first-order chi connectivity index (χ1) is 5.41. The average molecular weight is 208 g/mol. The highest BCUT2D eigenvalue weighted by molar-refractivity contribution is 7.45. The van der Waals surface area contributed by atoms with Gasteiger partial charge in [0.2, 0.25) is 0 Å². The molecule has 0 spiro atoms. The van der Waals surface area contributed by atoms with Gasteiger partial charge in [-0.1, -0.05) is 26.7 Å². The van der Waals surface area contributed by atoms with Crippen molar-refractivity contribution >= 4 is 28.2 Å². The van der Waals surface area contributed by atoms with Crippen LogP contribution < -0.4 is 0 Å². The molecule has 3 N–H and O–H groups in total. The van der Waals surface area contributed by atoms with Gasteiger partial charge < -0.3 is 14.7 Å². The van der Waals surface area contributed by atoms with Gasteiger partial charge in [-0.3, -0.25) is 0 Å². The second-order valence-electron chi connectivity index (χ2n) is 2.57. The smallest absolute Gasteiger partial charge is 0.303 e. The molecule has 0 aliphatic rings. The van der Waals surface area contributed by atoms with E-state index in [0.717, 1.165) is 0 Å². The molecule has 6 heteroatoms. The van der Waals surface area contributed by atoms with E-state index in [1.165, 1.54) is 12.8 Å². The van der Waals surface area contributed by atoms with Gasteiger partial charge in [-0.15, -0.1) is 9.10 Å². The first-order valence-electron chi connectivity index (χ1n) is 4.20. The fourth-order valence-corrected chi connectivity index (χ4v) is 2.03. The lowest BCUT2D eigenvalue weighted by Gasteiger charge is -1.86. The Morgan fingerprint density at radius 1 is 1.08 bits per heavy atom. The van der Waals surface area contributed by atoms with Gasteiger partial charge >= 0.3 is 28.2 Å². The van der Waals surface area contributed by atoms with E-state index in [4.69, 9.17) is 19.2 Å². The summed E-state index contributed by atoms with van der Waals surface area (Å²) in [5.41, 5.74) is 0. The van der Waals surface area contributed by atoms with Crippen LogP contribution in [-0.2, 0) is 4.57 Å². The van der Waals surface area contributed by atoms with Gasteiger partial charge in [-0.2, -0.15) is 0 Å². The Bertz CT molecular complexity index is 112. The van der Waals surface area contributed by atoms with E-state index in [0.29, 0.717) is 20.4 Å². The summed E-state index contributed by atoms with van der Waals surface area (Å²) in [6.45, 7) is 4.56. The minimum Gasteiger partial charge on any atom is -0.303 e. The van der Waals surface area contributed by atoms with E-state index < -0.39 is 7.82 Å². The summed E-state index contributed by atoms with van der Waals surface area (Å²) >= 11 is 0.411. The predicted octanol–water partition coefficient (Wildman–Crippen LogP) is 1.42. The lowest BCUT2D eigenvalue weighted by atomic mass is 10.6. The number of hydrogen-bond donors (Lipinski definition) is 3. The SMILES string of the molecule is CC[CH2][Mg][CH2]CC.O=P(O)(O)O. The molecular weight excluding hydrogens is 191 g/mol. The molecule has 12 heavy (non-hydrogen) atoms. The molecule has 0 fully saturated rings. The molecule has 0 aromatic rings. The van der Waals surface area contributed by atoms with Gasteiger partial charge in [0.05, 0.1) is 0 Å². The van der Waals surface area contributed by atoms with Crippen LogP contribution in [0.2, 0.25) is 9.10 Å². The quantitative estimate of drug-likeness (QED) is 0.371. The maximum atomic E-state index is 8.88. The van der Waals surface area contributed by atoms with Crippen molar-refractivity contribution in [1.29, 1.82) is 0 Å². The van der Waals surface area contributed by atoms with E-state index in [9.17, 15) is 0 Å². The summed E-state index contributed by atoms with van der Waals surface area (Å²) in [6.07, 6.45) is 2.85. The van der Waals surface area contributed by atoms with Crippen LogP contribution in [0.15, 0.2) is 0 Å². The molecule has 0 bridgehead atoms. The van der Waals surface area contributed by atoms with E-state index >= 15 is 0 Å². The predicted molar refractivity (Wildman–Crippen MR) is 50.2 cm³/mol. The summed E-state index contributed by atoms with van der Waals surface area (Å²) in [5, 5.41) is 0. The zero-order valence-corrected chi connectivity index (χ0v) is 10.0. The molecule has 0 atom stereocenters. The maximum Gasteiger partial charge on any atom is 0.466 e. The zero-order valence-electron chi connectivity index (χ0n) is 7.73. The van der Waals surface area contributed by atoms with Crippen LogP contribution in [-0.4, -0.2) is 35.0 Å². The molecular formula is C6H17MgO4P. The van der Waals surface area contributed by atoms with Crippen molar-refractivity contribution in [3.8, 4) is 0 Å². The molecule has 0 aromatic heterocycles. The van der Waals surface area contributed by atoms with Crippen LogP contribution in [0.3, 0.4) is 0 Å². The number of hydrogen-bond acceptors (Lipinski definition) is 1. The van der Waals surface area contributed by atoms with Crippen molar-refractivity contribution < 1.29 is 19.2 Å². The molecule has 0 amide bonds. The normalized spacial score (nSPS) is 9.75. The molecule has 0 saturated carbocycles. The van der Waals surface area contributed by atoms with Crippen LogP contribution in [0, 0.1) is 0 Å². The molecule has 0 heterocycles. The maximum absolute atomic E-state index is 8.88. The highest BCUT2D eigenvalue weighted by Gasteiger charge is 2.00. The first-order valence-corrected chi connectivity index (χ1v) is 7.76. The summed E-state index contributed by atoms with van der Waals surface area (Å²) in [5.74, 6) is 0. The fourth-order valence-electron chi connectivity index (χ4n) is 0.677. The van der Waals surface area contributed by atoms with Crippen molar-refractivity contribution in [3.63, 3.8) is 0 Å². The average Bonchev–Trinajstić information content (AvgIpc) is 1.85. The van der Waals surface area contributed by atoms with Crippen LogP contribution in [0.1, 0.15) is 26.7 Å². The van der Waals surface area contributed by atoms with Crippen molar-refractivity contribution in [3.05, 3.63) is 0 Å². The first kappa shape index (κ1) is 15.4. The zero-order chi connectivity index (χ0) is 10.0. The van der Waals surface area contributed by atoms with E-state index in [2.05, 4.69) is 13.8 Å². The number of phosphoric acid groups is 1. The summed E-state index contributed by atoms with van der Waals surface area (Å²) in [4.78, 5) is 21.6. The Balaban J connectivity index is 0. The fraction of sp³-hybridized carbons (Fsp3) is 1.00. The molecule has 4 nitrogen and oxygen atoms in total. The third-order valence-corrected chi connectivity index (χ3v) is 3.62. The summed E-state index contributed by atoms with van der Waals surface area (Å²) < 4.78 is 12.0. The molecule has 0 rings (SSSR count). The summed E-state index contributed by atoms with van der Waals surface area (Å²) in [6, 6.07) is 0. The van der Waals surface area contributed by atoms with Crippen LogP contribution >= 0.6 is 7.82 Å². The van der Waals surface area contributed by atoms with Gasteiger partial charge in [0.25, 0.3) is 0 Å². The van der Waals surface area contributed by atoms with Crippen LogP contribution in [0.4, 0.5) is 0 Å². The van der Waals surface area contributed by atoms with Crippen molar-refractivity contribution in [2.75, 3.05) is 0 Å². The Kier molecular flexibility index (Phi) is 12.7. The standard InChI is InChI=1S/2C3H7.Mg.H3O4P/c2*1-3-2;;1-5(2,3)4/h2*1,3H2,2H3;;(H3,1,2,3,4). The van der Waals surface area contributed by atoms with Gasteiger partial charge in [0, 0.05) is 0 Å². The van der Waals surface area contributed by atoms with Gasteiger partial charge in [0.1, 0.15) is 0 Å². The molecule has 0 aliphatic heterocycles. The molecule has 0 radical (unpaired) electrons. The van der Waals surface area contributed by atoms with Gasteiger partial charge in [0.15, 0.2) is 0 Å². The Hall–Kier alpha value is 0.876. The Labute approximate surface area is 83.3 Å². The Morgan fingerprint density at radius 3 is 1.50 bits per heavy atom. The molecule has 0 aromatic carbocycles. The van der Waals surface area contributed by atoms with Crippen molar-refractivity contribution in [2.24, 2.45) is 0 Å².